The number of nitrogens with two attached hydrogens (primary N) is 1. The summed E-state index contributed by atoms with van der Waals surface area (Å²) in [6.45, 7) is 2.02. The van der Waals surface area contributed by atoms with E-state index in [1.807, 2.05) is 37.3 Å². The summed E-state index contributed by atoms with van der Waals surface area (Å²) in [6, 6.07) is 11.3. The lowest BCUT2D eigenvalue weighted by atomic mass is 10.1. The van der Waals surface area contributed by atoms with Gasteiger partial charge in [-0.3, -0.25) is 0 Å². The molecule has 0 radical (unpaired) electrons. The zero-order chi connectivity index (χ0) is 14.7. The molecule has 2 aromatic carbocycles. The molecule has 3 nitrogen and oxygen atoms in total. The van der Waals surface area contributed by atoms with E-state index in [1.165, 1.54) is 0 Å². The number of hydrogen-bond acceptors (Lipinski definition) is 3. The molecule has 104 valence electrons. The lowest BCUT2D eigenvalue weighted by Crippen LogP contribution is -2.09. The average molecular weight is 307 g/mol. The largest absolute Gasteiger partial charge is 0.495 e. The van der Waals surface area contributed by atoms with E-state index in [-0.39, 0.29) is 0 Å². The highest BCUT2D eigenvalue weighted by Crippen LogP contribution is 2.32. The van der Waals surface area contributed by atoms with Crippen molar-refractivity contribution in [2.45, 2.75) is 6.92 Å². The Balaban J connectivity index is 2.35. The number of hydrogen-bond donors (Lipinski definition) is 2. The van der Waals surface area contributed by atoms with Crippen LogP contribution in [0, 0.1) is 6.92 Å². The Morgan fingerprint density at radius 3 is 2.55 bits per heavy atom. The topological polar surface area (TPSA) is 47.3 Å². The molecule has 0 aromatic heterocycles. The Labute approximate surface area is 128 Å². The van der Waals surface area contributed by atoms with Crippen molar-refractivity contribution in [3.05, 3.63) is 52.5 Å². The summed E-state index contributed by atoms with van der Waals surface area (Å²) in [5, 5.41) is 3.81. The molecular weight excluding hydrogens is 292 g/mol. The third-order valence-electron chi connectivity index (χ3n) is 2.88. The van der Waals surface area contributed by atoms with E-state index in [9.17, 15) is 0 Å². The van der Waals surface area contributed by atoms with Crippen molar-refractivity contribution in [3.8, 4) is 5.75 Å². The quantitative estimate of drug-likeness (QED) is 0.837. The van der Waals surface area contributed by atoms with Gasteiger partial charge in [0.05, 0.1) is 23.5 Å². The van der Waals surface area contributed by atoms with Gasteiger partial charge in [-0.15, -0.1) is 0 Å². The lowest BCUT2D eigenvalue weighted by Gasteiger charge is -2.13. The Morgan fingerprint density at radius 2 is 1.95 bits per heavy atom. The Bertz CT molecular complexity index is 658. The van der Waals surface area contributed by atoms with E-state index in [0.29, 0.717) is 10.0 Å². The summed E-state index contributed by atoms with van der Waals surface area (Å²) in [6.07, 6.45) is 0. The molecule has 0 aliphatic carbocycles. The first kappa shape index (κ1) is 14.6. The number of ether oxygens (including phenoxy) is 1. The van der Waals surface area contributed by atoms with Crippen LogP contribution in [0.15, 0.2) is 36.4 Å². The Hall–Kier alpha value is -1.78. The minimum Gasteiger partial charge on any atom is -0.495 e. The van der Waals surface area contributed by atoms with Gasteiger partial charge in [0.25, 0.3) is 0 Å². The van der Waals surface area contributed by atoms with Crippen LogP contribution in [0.1, 0.15) is 11.1 Å². The van der Waals surface area contributed by atoms with Gasteiger partial charge in [0.2, 0.25) is 0 Å². The van der Waals surface area contributed by atoms with E-state index in [4.69, 9.17) is 34.3 Å². The number of anilines is 2. The Morgan fingerprint density at radius 1 is 1.20 bits per heavy atom. The van der Waals surface area contributed by atoms with Crippen molar-refractivity contribution in [2.75, 3.05) is 12.4 Å². The Kier molecular flexibility index (Phi) is 4.47. The second-order valence-corrected chi connectivity index (χ2v) is 5.23. The molecule has 5 heteroatoms. The summed E-state index contributed by atoms with van der Waals surface area (Å²) in [7, 11) is 1.63. The van der Waals surface area contributed by atoms with Crippen LogP contribution < -0.4 is 15.8 Å². The standard InChI is InChI=1S/C15H15ClN2OS/c1-9-3-6-14(19-2)13(7-9)18-12-5-4-10(15(17)20)8-11(12)16/h3-8,18H,1-2H3,(H2,17,20). The lowest BCUT2D eigenvalue weighted by molar-refractivity contribution is 0.416. The van der Waals surface area contributed by atoms with Gasteiger partial charge in [-0.1, -0.05) is 29.9 Å². The molecule has 0 aliphatic heterocycles. The molecule has 0 saturated heterocycles. The van der Waals surface area contributed by atoms with Crippen LogP contribution in [0.5, 0.6) is 5.75 Å². The minimum absolute atomic E-state index is 0.326. The third-order valence-corrected chi connectivity index (χ3v) is 3.43. The maximum atomic E-state index is 6.24. The van der Waals surface area contributed by atoms with Gasteiger partial charge in [-0.25, -0.2) is 0 Å². The van der Waals surface area contributed by atoms with Crippen molar-refractivity contribution >= 4 is 40.2 Å². The number of rotatable bonds is 4. The van der Waals surface area contributed by atoms with Crippen LogP contribution in [0.25, 0.3) is 0 Å². The fourth-order valence-corrected chi connectivity index (χ4v) is 2.19. The van der Waals surface area contributed by atoms with Gasteiger partial charge in [0.1, 0.15) is 10.7 Å². The van der Waals surface area contributed by atoms with E-state index in [0.717, 1.165) is 28.3 Å². The highest BCUT2D eigenvalue weighted by atomic mass is 35.5. The van der Waals surface area contributed by atoms with E-state index >= 15 is 0 Å². The van der Waals surface area contributed by atoms with Crippen molar-refractivity contribution in [2.24, 2.45) is 5.73 Å². The van der Waals surface area contributed by atoms with Gasteiger partial charge in [0.15, 0.2) is 0 Å². The van der Waals surface area contributed by atoms with Crippen LogP contribution in [0.4, 0.5) is 11.4 Å². The molecule has 0 heterocycles. The first-order valence-corrected chi connectivity index (χ1v) is 6.81. The van der Waals surface area contributed by atoms with Crippen LogP contribution in [0.2, 0.25) is 5.02 Å². The zero-order valence-electron chi connectivity index (χ0n) is 11.2. The number of thiocarbonyl (C=S) groups is 1. The van der Waals surface area contributed by atoms with E-state index in [2.05, 4.69) is 5.32 Å². The summed E-state index contributed by atoms with van der Waals surface area (Å²) in [5.41, 5.74) is 9.09. The molecule has 0 bridgehead atoms. The maximum Gasteiger partial charge on any atom is 0.142 e. The number of benzene rings is 2. The minimum atomic E-state index is 0.326. The first-order valence-electron chi connectivity index (χ1n) is 6.02. The highest BCUT2D eigenvalue weighted by Gasteiger charge is 2.07. The first-order chi connectivity index (χ1) is 9.51. The van der Waals surface area contributed by atoms with Gasteiger partial charge in [-0.05, 0) is 42.8 Å². The van der Waals surface area contributed by atoms with Gasteiger partial charge < -0.3 is 15.8 Å². The van der Waals surface area contributed by atoms with Crippen LogP contribution in [-0.4, -0.2) is 12.1 Å². The fraction of sp³-hybridized carbons (Fsp3) is 0.133. The van der Waals surface area contributed by atoms with Gasteiger partial charge in [0, 0.05) is 5.56 Å². The second-order valence-electron chi connectivity index (χ2n) is 4.39. The van der Waals surface area contributed by atoms with Crippen LogP contribution in [0.3, 0.4) is 0 Å². The number of halogens is 1. The molecule has 0 aliphatic rings. The van der Waals surface area contributed by atoms with Crippen molar-refractivity contribution in [1.29, 1.82) is 0 Å². The molecule has 0 unspecified atom stereocenters. The summed E-state index contributed by atoms with van der Waals surface area (Å²) in [5.74, 6) is 0.755. The number of nitrogens with one attached hydrogen (secondary N) is 1. The van der Waals surface area contributed by atoms with Crippen molar-refractivity contribution in [1.82, 2.24) is 0 Å². The van der Waals surface area contributed by atoms with E-state index < -0.39 is 0 Å². The average Bonchev–Trinajstić information content (AvgIpc) is 2.41. The van der Waals surface area contributed by atoms with Crippen molar-refractivity contribution < 1.29 is 4.74 Å². The molecule has 0 fully saturated rings. The fourth-order valence-electron chi connectivity index (χ4n) is 1.83. The summed E-state index contributed by atoms with van der Waals surface area (Å²) in [4.78, 5) is 0.326. The molecule has 20 heavy (non-hydrogen) atoms. The van der Waals surface area contributed by atoms with Crippen LogP contribution >= 0.6 is 23.8 Å². The van der Waals surface area contributed by atoms with Crippen molar-refractivity contribution in [3.63, 3.8) is 0 Å². The third kappa shape index (κ3) is 3.21. The normalized spacial score (nSPS) is 10.2. The molecule has 2 rings (SSSR count). The highest BCUT2D eigenvalue weighted by molar-refractivity contribution is 7.80. The molecular formula is C15H15ClN2OS. The predicted octanol–water partition coefficient (Wildman–Crippen LogP) is 4.03. The predicted molar refractivity (Wildman–Crippen MR) is 88.4 cm³/mol. The molecule has 0 saturated carbocycles. The molecule has 0 atom stereocenters. The van der Waals surface area contributed by atoms with Gasteiger partial charge >= 0.3 is 0 Å². The van der Waals surface area contributed by atoms with Crippen LogP contribution in [-0.2, 0) is 0 Å². The number of aryl methyl sites for hydroxylation is 1. The molecule has 3 N–H and O–H groups in total. The maximum absolute atomic E-state index is 6.24. The number of methoxy groups -OCH3 is 1. The monoisotopic (exact) mass is 306 g/mol. The zero-order valence-corrected chi connectivity index (χ0v) is 12.8. The second kappa shape index (κ2) is 6.11. The summed E-state index contributed by atoms with van der Waals surface area (Å²) >= 11 is 11.2. The summed E-state index contributed by atoms with van der Waals surface area (Å²) < 4.78 is 5.33. The smallest absolute Gasteiger partial charge is 0.142 e. The molecule has 2 aromatic rings. The molecule has 0 spiro atoms. The van der Waals surface area contributed by atoms with E-state index in [1.54, 1.807) is 13.2 Å². The molecule has 0 amide bonds. The SMILES string of the molecule is COc1ccc(C)cc1Nc1ccc(C(N)=S)cc1Cl. The van der Waals surface area contributed by atoms with Gasteiger partial charge in [-0.2, -0.15) is 0 Å².